The van der Waals surface area contributed by atoms with Crippen LogP contribution in [0, 0.1) is 17.8 Å². The predicted octanol–water partition coefficient (Wildman–Crippen LogP) is 3.29. The summed E-state index contributed by atoms with van der Waals surface area (Å²) in [5.74, 6) is 3.27. The lowest BCUT2D eigenvalue weighted by Crippen LogP contribution is -3.23. The van der Waals surface area contributed by atoms with Gasteiger partial charge in [0, 0.05) is 24.8 Å². The molecule has 0 aromatic heterocycles. The number of benzene rings is 1. The fourth-order valence-electron chi connectivity index (χ4n) is 7.35. The molecule has 0 atom stereocenters. The largest absolute Gasteiger partial charge is 0.327 e. The topological polar surface area (TPSA) is 24.8 Å². The number of hydrogen-bond acceptors (Lipinski definition) is 1. The molecule has 28 heavy (non-hydrogen) atoms. The van der Waals surface area contributed by atoms with Gasteiger partial charge in [-0.3, -0.25) is 4.79 Å². The molecule has 1 saturated heterocycles. The normalized spacial score (nSPS) is 35.4. The Labute approximate surface area is 170 Å². The van der Waals surface area contributed by atoms with Gasteiger partial charge in [0.05, 0.1) is 31.7 Å². The molecular weight excluding hydrogens is 344 g/mol. The van der Waals surface area contributed by atoms with E-state index < -0.39 is 0 Å². The van der Waals surface area contributed by atoms with Crippen molar-refractivity contribution in [3.8, 4) is 0 Å². The lowest BCUT2D eigenvalue weighted by Gasteiger charge is -2.59. The van der Waals surface area contributed by atoms with Crippen LogP contribution in [0.3, 0.4) is 0 Å². The number of carbonyl (C=O) groups excluding carboxylic acids is 1. The molecule has 1 heterocycles. The highest BCUT2D eigenvalue weighted by atomic mass is 16.2. The van der Waals surface area contributed by atoms with Gasteiger partial charge in [-0.2, -0.15) is 0 Å². The zero-order valence-corrected chi connectivity index (χ0v) is 18.0. The van der Waals surface area contributed by atoms with Crippen molar-refractivity contribution in [1.82, 2.24) is 4.90 Å². The standard InChI is InChI=1S/C25H36N2O/c1-24(2,3)22-6-4-21(5-7-22)23(28)26-8-10-27(11-9-26)25-15-18-12-19(16-25)14-20(13-18)17-25/h4-7,18-20H,8-17H2,1-3H3/p+1. The zero-order valence-electron chi connectivity index (χ0n) is 18.0. The molecule has 0 spiro atoms. The Balaban J connectivity index is 1.23. The van der Waals surface area contributed by atoms with E-state index in [2.05, 4.69) is 37.8 Å². The minimum absolute atomic E-state index is 0.133. The molecule has 4 aliphatic carbocycles. The van der Waals surface area contributed by atoms with E-state index in [0.29, 0.717) is 5.54 Å². The van der Waals surface area contributed by atoms with Crippen LogP contribution in [0.5, 0.6) is 0 Å². The van der Waals surface area contributed by atoms with E-state index in [4.69, 9.17) is 0 Å². The van der Waals surface area contributed by atoms with E-state index >= 15 is 0 Å². The first kappa shape index (κ1) is 18.7. The van der Waals surface area contributed by atoms with Gasteiger partial charge in [0.25, 0.3) is 5.91 Å². The van der Waals surface area contributed by atoms with E-state index in [1.807, 2.05) is 17.0 Å². The Morgan fingerprint density at radius 2 is 1.43 bits per heavy atom. The highest BCUT2D eigenvalue weighted by molar-refractivity contribution is 5.94. The molecule has 4 bridgehead atoms. The van der Waals surface area contributed by atoms with E-state index in [1.165, 1.54) is 44.1 Å². The first-order chi connectivity index (χ1) is 13.3. The molecule has 5 aliphatic rings. The number of carbonyl (C=O) groups is 1. The summed E-state index contributed by atoms with van der Waals surface area (Å²) in [6.07, 6.45) is 8.95. The SMILES string of the molecule is CC(C)(C)c1ccc(C(=O)N2CC[NH+](C34CC5CC(CC(C5)C3)C4)CC2)cc1. The second kappa shape index (κ2) is 6.58. The predicted molar refractivity (Wildman–Crippen MR) is 113 cm³/mol. The van der Waals surface area contributed by atoms with Crippen molar-refractivity contribution in [2.75, 3.05) is 26.2 Å². The van der Waals surface area contributed by atoms with Crippen LogP contribution in [-0.4, -0.2) is 42.5 Å². The maximum Gasteiger partial charge on any atom is 0.254 e. The Kier molecular flexibility index (Phi) is 4.39. The number of nitrogens with one attached hydrogen (secondary N) is 1. The third-order valence-electron chi connectivity index (χ3n) is 8.44. The Hall–Kier alpha value is -1.35. The first-order valence-corrected chi connectivity index (χ1v) is 11.6. The monoisotopic (exact) mass is 381 g/mol. The number of piperazine rings is 1. The minimum Gasteiger partial charge on any atom is -0.327 e. The number of quaternary nitrogens is 1. The van der Waals surface area contributed by atoms with Crippen LogP contribution in [0.1, 0.15) is 75.2 Å². The van der Waals surface area contributed by atoms with Crippen LogP contribution < -0.4 is 4.90 Å². The van der Waals surface area contributed by atoms with Crippen LogP contribution in [-0.2, 0) is 5.41 Å². The molecule has 152 valence electrons. The first-order valence-electron chi connectivity index (χ1n) is 11.6. The van der Waals surface area contributed by atoms with Crippen molar-refractivity contribution in [2.45, 2.75) is 70.3 Å². The summed E-state index contributed by atoms with van der Waals surface area (Å²) >= 11 is 0. The molecule has 1 amide bonds. The smallest absolute Gasteiger partial charge is 0.254 e. The Morgan fingerprint density at radius 3 is 1.89 bits per heavy atom. The van der Waals surface area contributed by atoms with Gasteiger partial charge in [-0.25, -0.2) is 0 Å². The lowest BCUT2D eigenvalue weighted by atomic mass is 9.52. The van der Waals surface area contributed by atoms with Gasteiger partial charge in [0.1, 0.15) is 0 Å². The van der Waals surface area contributed by atoms with E-state index in [1.54, 1.807) is 0 Å². The van der Waals surface area contributed by atoms with Crippen molar-refractivity contribution in [3.63, 3.8) is 0 Å². The summed E-state index contributed by atoms with van der Waals surface area (Å²) in [5.41, 5.74) is 2.85. The molecule has 0 unspecified atom stereocenters. The molecule has 1 aliphatic heterocycles. The molecule has 5 fully saturated rings. The Bertz CT molecular complexity index is 702. The number of nitrogens with zero attached hydrogens (tertiary/aromatic N) is 1. The van der Waals surface area contributed by atoms with Crippen LogP contribution in [0.15, 0.2) is 24.3 Å². The molecule has 6 rings (SSSR count). The van der Waals surface area contributed by atoms with Gasteiger partial charge >= 0.3 is 0 Å². The maximum absolute atomic E-state index is 13.0. The zero-order chi connectivity index (χ0) is 19.5. The van der Waals surface area contributed by atoms with Crippen LogP contribution in [0.25, 0.3) is 0 Å². The minimum atomic E-state index is 0.133. The summed E-state index contributed by atoms with van der Waals surface area (Å²) in [5, 5.41) is 0. The van der Waals surface area contributed by atoms with Gasteiger partial charge in [0.15, 0.2) is 0 Å². The average molecular weight is 382 g/mol. The van der Waals surface area contributed by atoms with E-state index in [9.17, 15) is 4.79 Å². The van der Waals surface area contributed by atoms with Crippen molar-refractivity contribution < 1.29 is 9.69 Å². The van der Waals surface area contributed by atoms with Crippen molar-refractivity contribution in [1.29, 1.82) is 0 Å². The van der Waals surface area contributed by atoms with Gasteiger partial charge < -0.3 is 9.80 Å². The van der Waals surface area contributed by atoms with Crippen LogP contribution in [0.2, 0.25) is 0 Å². The highest BCUT2D eigenvalue weighted by Crippen LogP contribution is 2.54. The van der Waals surface area contributed by atoms with Crippen molar-refractivity contribution in [2.24, 2.45) is 17.8 Å². The third-order valence-corrected chi connectivity index (χ3v) is 8.44. The Morgan fingerprint density at radius 1 is 0.929 bits per heavy atom. The lowest BCUT2D eigenvalue weighted by molar-refractivity contribution is -0.962. The second-order valence-electron chi connectivity index (χ2n) is 11.4. The molecule has 4 saturated carbocycles. The molecule has 1 aromatic rings. The molecule has 1 aromatic carbocycles. The molecule has 1 N–H and O–H groups in total. The van der Waals surface area contributed by atoms with Gasteiger partial charge in [-0.15, -0.1) is 0 Å². The molecule has 0 radical (unpaired) electrons. The third kappa shape index (κ3) is 3.20. The second-order valence-corrected chi connectivity index (χ2v) is 11.4. The summed E-state index contributed by atoms with van der Waals surface area (Å²) in [7, 11) is 0. The molecule has 3 heteroatoms. The van der Waals surface area contributed by atoms with Gasteiger partial charge in [0.2, 0.25) is 0 Å². The van der Waals surface area contributed by atoms with Crippen molar-refractivity contribution in [3.05, 3.63) is 35.4 Å². The summed E-state index contributed by atoms with van der Waals surface area (Å²) in [6, 6.07) is 8.32. The van der Waals surface area contributed by atoms with E-state index in [0.717, 1.165) is 49.5 Å². The molecule has 3 nitrogen and oxygen atoms in total. The molecular formula is C25H37N2O+. The average Bonchev–Trinajstić information content (AvgIpc) is 2.66. The summed E-state index contributed by atoms with van der Waals surface area (Å²) in [4.78, 5) is 17.0. The van der Waals surface area contributed by atoms with Gasteiger partial charge in [-0.1, -0.05) is 32.9 Å². The maximum atomic E-state index is 13.0. The van der Waals surface area contributed by atoms with Crippen LogP contribution in [0.4, 0.5) is 0 Å². The van der Waals surface area contributed by atoms with Gasteiger partial charge in [-0.05, 0) is 60.1 Å². The quantitative estimate of drug-likeness (QED) is 0.835. The number of amides is 1. The number of hydrogen-bond donors (Lipinski definition) is 1. The van der Waals surface area contributed by atoms with E-state index in [-0.39, 0.29) is 11.3 Å². The van der Waals surface area contributed by atoms with Crippen LogP contribution >= 0.6 is 0 Å². The number of rotatable bonds is 2. The fraction of sp³-hybridized carbons (Fsp3) is 0.720. The summed E-state index contributed by atoms with van der Waals surface area (Å²) < 4.78 is 0. The summed E-state index contributed by atoms with van der Waals surface area (Å²) in [6.45, 7) is 10.8. The van der Waals surface area contributed by atoms with Crippen molar-refractivity contribution >= 4 is 5.91 Å². The highest BCUT2D eigenvalue weighted by Gasteiger charge is 2.56. The fourth-order valence-corrected chi connectivity index (χ4v) is 7.35.